The number of nitrogens with zero attached hydrogens (tertiary/aromatic N) is 1. The largest absolute Gasteiger partial charge is 0.252 e. The maximum Gasteiger partial charge on any atom is 0.0347 e. The fourth-order valence-electron chi connectivity index (χ4n) is 0.422. The lowest BCUT2D eigenvalue weighted by Crippen LogP contribution is -2.29. The minimum absolute atomic E-state index is 0.132. The minimum Gasteiger partial charge on any atom is -0.252 e. The highest BCUT2D eigenvalue weighted by Crippen LogP contribution is 2.01. The lowest BCUT2D eigenvalue weighted by molar-refractivity contribution is 0.590. The number of hydrogen-bond donors (Lipinski definition) is 0. The van der Waals surface area contributed by atoms with E-state index in [9.17, 15) is 4.21 Å². The van der Waals surface area contributed by atoms with Crippen LogP contribution in [0, 0.1) is 0 Å². The molecule has 0 saturated heterocycles. The van der Waals surface area contributed by atoms with Gasteiger partial charge in [0.25, 0.3) is 0 Å². The van der Waals surface area contributed by atoms with Crippen molar-refractivity contribution in [3.63, 3.8) is 0 Å². The Balaban J connectivity index is 4.42. The fourth-order valence-corrected chi connectivity index (χ4v) is 1.26. The Kier molecular flexibility index (Phi) is 2.70. The monoisotopic (exact) mass is 149 g/mol. The first kappa shape index (κ1) is 8.98. The van der Waals surface area contributed by atoms with Crippen LogP contribution in [0.3, 0.4) is 0 Å². The van der Waals surface area contributed by atoms with E-state index in [0.29, 0.717) is 0 Å². The van der Waals surface area contributed by atoms with Crippen molar-refractivity contribution in [3.05, 3.63) is 0 Å². The summed E-state index contributed by atoms with van der Waals surface area (Å²) in [4.78, 5) is 0. The van der Waals surface area contributed by atoms with Crippen LogP contribution < -0.4 is 0 Å². The van der Waals surface area contributed by atoms with Crippen molar-refractivity contribution in [3.8, 4) is 0 Å². The molecular formula is C6H15NOS. The Morgan fingerprint density at radius 1 is 1.44 bits per heavy atom. The van der Waals surface area contributed by atoms with Gasteiger partial charge in [-0.15, -0.1) is 0 Å². The lowest BCUT2D eigenvalue weighted by Gasteiger charge is -2.19. The Morgan fingerprint density at radius 3 is 1.78 bits per heavy atom. The summed E-state index contributed by atoms with van der Waals surface area (Å²) < 4.78 is 13.1. The third kappa shape index (κ3) is 1.99. The second-order valence-corrected chi connectivity index (χ2v) is 5.60. The molecule has 0 rings (SSSR count). The van der Waals surface area contributed by atoms with Gasteiger partial charge >= 0.3 is 0 Å². The zero-order chi connectivity index (χ0) is 7.65. The van der Waals surface area contributed by atoms with Crippen LogP contribution in [-0.4, -0.2) is 33.7 Å². The molecule has 0 aromatic heterocycles. The van der Waals surface area contributed by atoms with Gasteiger partial charge in [0.05, 0.1) is 0 Å². The molecule has 1 atom stereocenters. The average molecular weight is 149 g/mol. The molecule has 0 aromatic carbocycles. The van der Waals surface area contributed by atoms with Crippen LogP contribution in [0.1, 0.15) is 13.8 Å². The zero-order valence-electron chi connectivity index (χ0n) is 6.55. The van der Waals surface area contributed by atoms with Gasteiger partial charge in [0.2, 0.25) is 0 Å². The average Bonchev–Trinajstić information content (AvgIpc) is 1.65. The van der Waals surface area contributed by atoms with Crippen LogP contribution in [0.5, 0.6) is 0 Å². The van der Waals surface area contributed by atoms with Gasteiger partial charge in [-0.05, 0) is 20.0 Å². The van der Waals surface area contributed by atoms with Crippen LogP contribution in [-0.2, 0) is 9.71 Å². The summed E-state index contributed by atoms with van der Waals surface area (Å²) in [5, 5.41) is 0.132. The summed E-state index contributed by atoms with van der Waals surface area (Å²) >= 11 is 0. The zero-order valence-corrected chi connectivity index (χ0v) is 7.36. The first-order chi connectivity index (χ1) is 3.89. The van der Waals surface area contributed by atoms with Gasteiger partial charge in [0.15, 0.2) is 0 Å². The number of rotatable bonds is 2. The van der Waals surface area contributed by atoms with E-state index in [1.807, 2.05) is 13.8 Å². The molecule has 0 amide bonds. The standard InChI is InChI=1S/C6H15NOS/c1-6(2)9(5,8)7(3)4/h6H,5H2,1-4H3. The van der Waals surface area contributed by atoms with E-state index in [0.717, 1.165) is 0 Å². The van der Waals surface area contributed by atoms with E-state index >= 15 is 0 Å². The van der Waals surface area contributed by atoms with Gasteiger partial charge in [-0.1, -0.05) is 13.8 Å². The van der Waals surface area contributed by atoms with Crippen molar-refractivity contribution in [2.24, 2.45) is 0 Å². The van der Waals surface area contributed by atoms with E-state index in [-0.39, 0.29) is 5.25 Å². The molecule has 3 heteroatoms. The summed E-state index contributed by atoms with van der Waals surface area (Å²) in [7, 11) is 1.59. The first-order valence-corrected chi connectivity index (χ1v) is 4.67. The van der Waals surface area contributed by atoms with Crippen molar-refractivity contribution in [2.45, 2.75) is 19.1 Å². The van der Waals surface area contributed by atoms with Crippen LogP contribution in [0.15, 0.2) is 0 Å². The van der Waals surface area contributed by atoms with Crippen molar-refractivity contribution >= 4 is 15.6 Å². The smallest absolute Gasteiger partial charge is 0.0347 e. The normalized spacial score (nSPS) is 18.4. The molecule has 0 saturated carbocycles. The summed E-state index contributed by atoms with van der Waals surface area (Å²) in [6, 6.07) is 0. The number of hydrogen-bond acceptors (Lipinski definition) is 1. The molecule has 0 aromatic rings. The summed E-state index contributed by atoms with van der Waals surface area (Å²) in [5.41, 5.74) is 0. The second kappa shape index (κ2) is 2.71. The summed E-state index contributed by atoms with van der Waals surface area (Å²) in [6.45, 7) is 3.82. The van der Waals surface area contributed by atoms with Gasteiger partial charge in [-0.25, -0.2) is 4.31 Å². The van der Waals surface area contributed by atoms with E-state index in [1.165, 1.54) is 0 Å². The van der Waals surface area contributed by atoms with Gasteiger partial charge in [0, 0.05) is 15.0 Å². The summed E-state index contributed by atoms with van der Waals surface area (Å²) in [6.07, 6.45) is 0. The minimum atomic E-state index is -1.98. The lowest BCUT2D eigenvalue weighted by atomic mass is 10.6. The first-order valence-electron chi connectivity index (χ1n) is 2.92. The molecule has 0 bridgehead atoms. The van der Waals surface area contributed by atoms with E-state index in [2.05, 4.69) is 5.87 Å². The van der Waals surface area contributed by atoms with Gasteiger partial charge < -0.3 is 0 Å². The Labute approximate surface area is 58.0 Å². The van der Waals surface area contributed by atoms with Gasteiger partial charge in [-0.2, -0.15) is 0 Å². The predicted molar refractivity (Wildman–Crippen MR) is 44.1 cm³/mol. The van der Waals surface area contributed by atoms with E-state index in [4.69, 9.17) is 0 Å². The highest BCUT2D eigenvalue weighted by Gasteiger charge is 2.10. The van der Waals surface area contributed by atoms with Crippen molar-refractivity contribution in [1.82, 2.24) is 4.31 Å². The molecule has 56 valence electrons. The molecule has 0 N–H and O–H groups in total. The Hall–Kier alpha value is -0.0200. The third-order valence-corrected chi connectivity index (χ3v) is 4.06. The molecule has 0 aliphatic heterocycles. The topological polar surface area (TPSA) is 20.3 Å². The molecule has 0 aliphatic carbocycles. The van der Waals surface area contributed by atoms with Crippen LogP contribution >= 0.6 is 0 Å². The van der Waals surface area contributed by atoms with Crippen LogP contribution in [0.2, 0.25) is 0 Å². The molecule has 0 spiro atoms. The van der Waals surface area contributed by atoms with Crippen molar-refractivity contribution < 1.29 is 4.21 Å². The Bertz CT molecular complexity index is 153. The second-order valence-electron chi connectivity index (χ2n) is 2.55. The Morgan fingerprint density at radius 2 is 1.78 bits per heavy atom. The molecule has 2 nitrogen and oxygen atoms in total. The molecule has 0 radical (unpaired) electrons. The van der Waals surface area contributed by atoms with E-state index in [1.54, 1.807) is 18.4 Å². The molecular weight excluding hydrogens is 134 g/mol. The van der Waals surface area contributed by atoms with Crippen molar-refractivity contribution in [1.29, 1.82) is 0 Å². The van der Waals surface area contributed by atoms with Crippen molar-refractivity contribution in [2.75, 3.05) is 14.1 Å². The third-order valence-electron chi connectivity index (χ3n) is 1.35. The molecule has 0 aliphatic rings. The highest BCUT2D eigenvalue weighted by atomic mass is 32.2. The molecule has 1 unspecified atom stereocenters. The van der Waals surface area contributed by atoms with E-state index < -0.39 is 9.71 Å². The maximum atomic E-state index is 11.4. The molecule has 0 fully saturated rings. The quantitative estimate of drug-likeness (QED) is 0.526. The van der Waals surface area contributed by atoms with Crippen LogP contribution in [0.25, 0.3) is 0 Å². The SMILES string of the molecule is C=S(=O)(C(C)C)N(C)C. The van der Waals surface area contributed by atoms with Gasteiger partial charge in [0.1, 0.15) is 0 Å². The van der Waals surface area contributed by atoms with Crippen LogP contribution in [0.4, 0.5) is 0 Å². The molecule has 0 heterocycles. The van der Waals surface area contributed by atoms with Gasteiger partial charge in [-0.3, -0.25) is 4.21 Å². The highest BCUT2D eigenvalue weighted by molar-refractivity contribution is 7.98. The predicted octanol–water partition coefficient (Wildman–Crippen LogP) is 0.588. The fraction of sp³-hybridized carbons (Fsp3) is 0.833. The summed E-state index contributed by atoms with van der Waals surface area (Å²) in [5.74, 6) is 3.62. The maximum absolute atomic E-state index is 11.4. The molecule has 9 heavy (non-hydrogen) atoms.